The van der Waals surface area contributed by atoms with Crippen molar-refractivity contribution in [3.05, 3.63) is 24.3 Å². The second-order valence-electron chi connectivity index (χ2n) is 5.60. The minimum atomic E-state index is -0.156. The summed E-state index contributed by atoms with van der Waals surface area (Å²) in [7, 11) is 0. The van der Waals surface area contributed by atoms with Crippen LogP contribution in [0.2, 0.25) is 0 Å². The molecule has 0 heterocycles. The average Bonchev–Trinajstić information content (AvgIpc) is 2.33. The summed E-state index contributed by atoms with van der Waals surface area (Å²) in [4.78, 5) is 0. The molecule has 1 atom stereocenters. The van der Waals surface area contributed by atoms with Gasteiger partial charge in [-0.05, 0) is 40.0 Å². The topological polar surface area (TPSA) is 9.23 Å². The Morgan fingerprint density at radius 2 is 1.83 bits per heavy atom. The molecule has 0 aromatic rings. The molecule has 0 aliphatic carbocycles. The standard InChI is InChI=1S/C17H32O/c1-6-8-9-10-11-15-18-17(5,7-2)14-12-13-16(3)4/h7,13H,2,6,8-12,14-15H2,1,3-5H3. The molecule has 0 saturated heterocycles. The van der Waals surface area contributed by atoms with Crippen LogP contribution in [0, 0.1) is 0 Å². The maximum atomic E-state index is 5.99. The van der Waals surface area contributed by atoms with Crippen molar-refractivity contribution in [3.8, 4) is 0 Å². The Hall–Kier alpha value is -0.560. The second kappa shape index (κ2) is 10.4. The number of rotatable bonds is 11. The highest BCUT2D eigenvalue weighted by Crippen LogP contribution is 2.20. The van der Waals surface area contributed by atoms with Crippen LogP contribution < -0.4 is 0 Å². The Labute approximate surface area is 114 Å². The van der Waals surface area contributed by atoms with Gasteiger partial charge in [0.25, 0.3) is 0 Å². The van der Waals surface area contributed by atoms with Crippen LogP contribution in [0.3, 0.4) is 0 Å². The van der Waals surface area contributed by atoms with E-state index < -0.39 is 0 Å². The second-order valence-corrected chi connectivity index (χ2v) is 5.60. The first-order valence-corrected chi connectivity index (χ1v) is 7.45. The molecule has 0 aromatic carbocycles. The van der Waals surface area contributed by atoms with Crippen LogP contribution in [-0.4, -0.2) is 12.2 Å². The van der Waals surface area contributed by atoms with Crippen molar-refractivity contribution in [2.24, 2.45) is 0 Å². The first-order chi connectivity index (χ1) is 8.54. The Morgan fingerprint density at radius 3 is 2.39 bits per heavy atom. The molecule has 0 saturated carbocycles. The molecule has 0 fully saturated rings. The van der Waals surface area contributed by atoms with Gasteiger partial charge in [0, 0.05) is 6.61 Å². The quantitative estimate of drug-likeness (QED) is 0.340. The van der Waals surface area contributed by atoms with Crippen molar-refractivity contribution in [1.82, 2.24) is 0 Å². The minimum absolute atomic E-state index is 0.156. The van der Waals surface area contributed by atoms with Gasteiger partial charge in [0.15, 0.2) is 0 Å². The molecule has 1 nitrogen and oxygen atoms in total. The first-order valence-electron chi connectivity index (χ1n) is 7.45. The summed E-state index contributed by atoms with van der Waals surface area (Å²) in [5.41, 5.74) is 1.22. The fourth-order valence-corrected chi connectivity index (χ4v) is 1.89. The Bertz CT molecular complexity index is 238. The van der Waals surface area contributed by atoms with Crippen LogP contribution >= 0.6 is 0 Å². The van der Waals surface area contributed by atoms with E-state index in [-0.39, 0.29) is 5.60 Å². The summed E-state index contributed by atoms with van der Waals surface area (Å²) in [5, 5.41) is 0. The molecule has 0 aliphatic heterocycles. The van der Waals surface area contributed by atoms with E-state index in [1.165, 1.54) is 37.7 Å². The zero-order chi connectivity index (χ0) is 13.9. The van der Waals surface area contributed by atoms with Crippen LogP contribution in [-0.2, 0) is 4.74 Å². The summed E-state index contributed by atoms with van der Waals surface area (Å²) in [6.45, 7) is 13.4. The summed E-state index contributed by atoms with van der Waals surface area (Å²) in [5.74, 6) is 0. The zero-order valence-electron chi connectivity index (χ0n) is 12.9. The van der Waals surface area contributed by atoms with Crippen molar-refractivity contribution in [2.75, 3.05) is 6.61 Å². The summed E-state index contributed by atoms with van der Waals surface area (Å²) < 4.78 is 5.99. The van der Waals surface area contributed by atoms with Crippen LogP contribution in [0.4, 0.5) is 0 Å². The maximum absolute atomic E-state index is 5.99. The van der Waals surface area contributed by atoms with Crippen molar-refractivity contribution in [2.45, 2.75) is 78.2 Å². The molecule has 0 spiro atoms. The van der Waals surface area contributed by atoms with Gasteiger partial charge in [-0.15, -0.1) is 6.58 Å². The molecule has 0 bridgehead atoms. The normalized spacial score (nSPS) is 14.0. The molecule has 0 aliphatic rings. The van der Waals surface area contributed by atoms with Crippen molar-refractivity contribution in [3.63, 3.8) is 0 Å². The van der Waals surface area contributed by atoms with Gasteiger partial charge in [-0.2, -0.15) is 0 Å². The third-order valence-corrected chi connectivity index (χ3v) is 3.30. The molecule has 1 heteroatoms. The van der Waals surface area contributed by atoms with Crippen LogP contribution in [0.15, 0.2) is 24.3 Å². The fraction of sp³-hybridized carbons (Fsp3) is 0.765. The zero-order valence-corrected chi connectivity index (χ0v) is 12.9. The van der Waals surface area contributed by atoms with Gasteiger partial charge in [0.1, 0.15) is 0 Å². The Morgan fingerprint density at radius 1 is 1.17 bits per heavy atom. The van der Waals surface area contributed by atoms with E-state index in [1.807, 2.05) is 6.08 Å². The molecule has 0 N–H and O–H groups in total. The van der Waals surface area contributed by atoms with E-state index >= 15 is 0 Å². The summed E-state index contributed by atoms with van der Waals surface area (Å²) in [6.07, 6.45) is 12.8. The number of allylic oxidation sites excluding steroid dienone is 2. The van der Waals surface area contributed by atoms with Gasteiger partial charge < -0.3 is 4.74 Å². The monoisotopic (exact) mass is 252 g/mol. The first kappa shape index (κ1) is 17.4. The van der Waals surface area contributed by atoms with Crippen LogP contribution in [0.25, 0.3) is 0 Å². The van der Waals surface area contributed by atoms with E-state index in [2.05, 4.69) is 40.3 Å². The van der Waals surface area contributed by atoms with Crippen molar-refractivity contribution >= 4 is 0 Å². The van der Waals surface area contributed by atoms with E-state index in [0.29, 0.717) is 0 Å². The predicted octanol–water partition coefficient (Wildman–Crippen LogP) is 5.66. The minimum Gasteiger partial charge on any atom is -0.371 e. The average molecular weight is 252 g/mol. The van der Waals surface area contributed by atoms with Crippen LogP contribution in [0.5, 0.6) is 0 Å². The van der Waals surface area contributed by atoms with E-state index in [9.17, 15) is 0 Å². The van der Waals surface area contributed by atoms with Gasteiger partial charge >= 0.3 is 0 Å². The molecule has 18 heavy (non-hydrogen) atoms. The fourth-order valence-electron chi connectivity index (χ4n) is 1.89. The SMILES string of the molecule is C=CC(C)(CCC=C(C)C)OCCCCCCC. The maximum Gasteiger partial charge on any atom is 0.0834 e. The third kappa shape index (κ3) is 9.47. The van der Waals surface area contributed by atoms with E-state index in [4.69, 9.17) is 4.74 Å². The van der Waals surface area contributed by atoms with Crippen molar-refractivity contribution < 1.29 is 4.74 Å². The molecule has 0 rings (SSSR count). The van der Waals surface area contributed by atoms with Gasteiger partial charge in [0.05, 0.1) is 5.60 Å². The molecule has 1 unspecified atom stereocenters. The lowest BCUT2D eigenvalue weighted by Crippen LogP contribution is -2.26. The lowest BCUT2D eigenvalue weighted by Gasteiger charge is -2.26. The van der Waals surface area contributed by atoms with Gasteiger partial charge in [-0.1, -0.05) is 50.3 Å². The molecule has 0 aromatic heterocycles. The highest BCUT2D eigenvalue weighted by molar-refractivity contribution is 4.99. The smallest absolute Gasteiger partial charge is 0.0834 e. The largest absolute Gasteiger partial charge is 0.371 e. The molecule has 106 valence electrons. The highest BCUT2D eigenvalue weighted by atomic mass is 16.5. The van der Waals surface area contributed by atoms with Gasteiger partial charge in [-0.25, -0.2) is 0 Å². The number of hydrogen-bond donors (Lipinski definition) is 0. The number of hydrogen-bond acceptors (Lipinski definition) is 1. The van der Waals surface area contributed by atoms with E-state index in [0.717, 1.165) is 19.4 Å². The number of ether oxygens (including phenoxy) is 1. The molecule has 0 radical (unpaired) electrons. The molecule has 0 amide bonds. The van der Waals surface area contributed by atoms with E-state index in [1.54, 1.807) is 0 Å². The Balaban J connectivity index is 3.78. The lowest BCUT2D eigenvalue weighted by molar-refractivity contribution is -0.00160. The van der Waals surface area contributed by atoms with Gasteiger partial charge in [-0.3, -0.25) is 0 Å². The van der Waals surface area contributed by atoms with Crippen molar-refractivity contribution in [1.29, 1.82) is 0 Å². The lowest BCUT2D eigenvalue weighted by atomic mass is 9.99. The predicted molar refractivity (Wildman–Crippen MR) is 82.0 cm³/mol. The molecular weight excluding hydrogens is 220 g/mol. The van der Waals surface area contributed by atoms with Crippen LogP contribution in [0.1, 0.15) is 72.6 Å². The summed E-state index contributed by atoms with van der Waals surface area (Å²) >= 11 is 0. The van der Waals surface area contributed by atoms with Gasteiger partial charge in [0.2, 0.25) is 0 Å². The third-order valence-electron chi connectivity index (χ3n) is 3.30. The Kier molecular flexibility index (Phi) is 10.0. The summed E-state index contributed by atoms with van der Waals surface area (Å²) in [6, 6.07) is 0. The molecular formula is C17H32O. The number of unbranched alkanes of at least 4 members (excludes halogenated alkanes) is 4. The highest BCUT2D eigenvalue weighted by Gasteiger charge is 2.19.